The number of aromatic nitrogens is 1. The first-order chi connectivity index (χ1) is 13.4. The molecular weight excluding hydrogens is 402 g/mol. The Morgan fingerprint density at radius 3 is 2.61 bits per heavy atom. The molecule has 28 heavy (non-hydrogen) atoms. The van der Waals surface area contributed by atoms with Crippen molar-refractivity contribution >= 4 is 27.5 Å². The lowest BCUT2D eigenvalue weighted by Crippen LogP contribution is -2.35. The van der Waals surface area contributed by atoms with Crippen LogP contribution in [0.4, 0.5) is 0 Å². The number of halogens is 1. The predicted octanol–water partition coefficient (Wildman–Crippen LogP) is 2.85. The highest BCUT2D eigenvalue weighted by Crippen LogP contribution is 2.25. The van der Waals surface area contributed by atoms with Crippen molar-refractivity contribution in [3.8, 4) is 5.88 Å². The number of nitrogens with zero attached hydrogens (tertiary/aromatic N) is 2. The van der Waals surface area contributed by atoms with Gasteiger partial charge in [-0.15, -0.1) is 0 Å². The zero-order valence-corrected chi connectivity index (χ0v) is 17.1. The van der Waals surface area contributed by atoms with Gasteiger partial charge in [0.1, 0.15) is 0 Å². The molecule has 3 rings (SSSR count). The zero-order chi connectivity index (χ0) is 20.1. The van der Waals surface area contributed by atoms with Gasteiger partial charge in [-0.2, -0.15) is 4.31 Å². The lowest BCUT2D eigenvalue weighted by Gasteiger charge is -2.26. The molecule has 9 heteroatoms. The van der Waals surface area contributed by atoms with Crippen LogP contribution < -0.4 is 10.1 Å². The van der Waals surface area contributed by atoms with Crippen molar-refractivity contribution in [2.75, 3.05) is 20.2 Å². The maximum atomic E-state index is 12.8. The Bertz CT molecular complexity index is 942. The van der Waals surface area contributed by atoms with E-state index in [1.165, 1.54) is 29.6 Å². The smallest absolute Gasteiger partial charge is 0.253 e. The summed E-state index contributed by atoms with van der Waals surface area (Å²) in [6.45, 7) is 1.23. The Morgan fingerprint density at radius 1 is 1.21 bits per heavy atom. The monoisotopic (exact) mass is 423 g/mol. The number of amides is 1. The van der Waals surface area contributed by atoms with Crippen molar-refractivity contribution in [1.82, 2.24) is 14.6 Å². The Kier molecular flexibility index (Phi) is 6.53. The van der Waals surface area contributed by atoms with Crippen molar-refractivity contribution in [3.05, 3.63) is 52.7 Å². The molecule has 0 unspecified atom stereocenters. The van der Waals surface area contributed by atoms with Gasteiger partial charge in [0.2, 0.25) is 15.9 Å². The lowest BCUT2D eigenvalue weighted by atomic mass is 10.2. The lowest BCUT2D eigenvalue weighted by molar-refractivity contribution is 0.0951. The molecular formula is C19H22ClN3O4S. The molecule has 7 nitrogen and oxygen atoms in total. The standard InChI is InChI=1S/C19H22ClN3O4S/c1-27-18-8-5-14(12-21-18)13-22-19(24)16-11-15(6-7-17(16)20)28(25,26)23-9-3-2-4-10-23/h5-8,11-12H,2-4,9-10,13H2,1H3,(H,22,24). The number of sulfonamides is 1. The van der Waals surface area contributed by atoms with E-state index in [1.54, 1.807) is 18.3 Å². The fourth-order valence-electron chi connectivity index (χ4n) is 3.01. The van der Waals surface area contributed by atoms with Crippen LogP contribution in [0.5, 0.6) is 5.88 Å². The first-order valence-corrected chi connectivity index (χ1v) is 10.8. The summed E-state index contributed by atoms with van der Waals surface area (Å²) < 4.78 is 32.1. The highest BCUT2D eigenvalue weighted by Gasteiger charge is 2.27. The number of rotatable bonds is 6. The maximum Gasteiger partial charge on any atom is 0.253 e. The van der Waals surface area contributed by atoms with Gasteiger partial charge in [-0.05, 0) is 36.6 Å². The molecule has 2 aromatic rings. The second-order valence-corrected chi connectivity index (χ2v) is 8.84. The molecule has 1 saturated heterocycles. The summed E-state index contributed by atoms with van der Waals surface area (Å²) in [4.78, 5) is 16.7. The molecule has 2 heterocycles. The Balaban J connectivity index is 1.75. The molecule has 1 aromatic heterocycles. The van der Waals surface area contributed by atoms with E-state index in [0.29, 0.717) is 19.0 Å². The normalized spacial score (nSPS) is 15.2. The summed E-state index contributed by atoms with van der Waals surface area (Å²) >= 11 is 6.15. The third-order valence-corrected chi connectivity index (χ3v) is 6.82. The summed E-state index contributed by atoms with van der Waals surface area (Å²) in [6.07, 6.45) is 4.31. The van der Waals surface area contributed by atoms with E-state index in [0.717, 1.165) is 24.8 Å². The van der Waals surface area contributed by atoms with E-state index in [1.807, 2.05) is 0 Å². The number of benzene rings is 1. The molecule has 1 N–H and O–H groups in total. The number of carbonyl (C=O) groups is 1. The molecule has 0 saturated carbocycles. The van der Waals surface area contributed by atoms with Crippen LogP contribution in [0.15, 0.2) is 41.4 Å². The largest absolute Gasteiger partial charge is 0.481 e. The molecule has 0 spiro atoms. The van der Waals surface area contributed by atoms with Crippen LogP contribution in [0.2, 0.25) is 5.02 Å². The van der Waals surface area contributed by atoms with E-state index < -0.39 is 15.9 Å². The fraction of sp³-hybridized carbons (Fsp3) is 0.368. The second-order valence-electron chi connectivity index (χ2n) is 6.50. The van der Waals surface area contributed by atoms with Gasteiger partial charge in [0.15, 0.2) is 0 Å². The second kappa shape index (κ2) is 8.89. The number of hydrogen-bond acceptors (Lipinski definition) is 5. The Labute approximate surface area is 169 Å². The molecule has 0 atom stereocenters. The van der Waals surface area contributed by atoms with Crippen LogP contribution in [-0.4, -0.2) is 43.8 Å². The summed E-state index contributed by atoms with van der Waals surface area (Å²) in [5.74, 6) is 0.0326. The summed E-state index contributed by atoms with van der Waals surface area (Å²) in [7, 11) is -2.11. The van der Waals surface area contributed by atoms with Crippen LogP contribution in [0, 0.1) is 0 Å². The Morgan fingerprint density at radius 2 is 1.96 bits per heavy atom. The van der Waals surface area contributed by atoms with Crippen molar-refractivity contribution in [2.45, 2.75) is 30.7 Å². The van der Waals surface area contributed by atoms with E-state index in [4.69, 9.17) is 16.3 Å². The molecule has 0 bridgehead atoms. The van der Waals surface area contributed by atoms with E-state index >= 15 is 0 Å². The third-order valence-electron chi connectivity index (χ3n) is 4.60. The number of methoxy groups -OCH3 is 1. The van der Waals surface area contributed by atoms with Gasteiger partial charge in [0.05, 0.1) is 22.6 Å². The van der Waals surface area contributed by atoms with Crippen LogP contribution in [0.25, 0.3) is 0 Å². The Hall–Kier alpha value is -2.16. The number of ether oxygens (including phenoxy) is 1. The minimum atomic E-state index is -3.64. The predicted molar refractivity (Wildman–Crippen MR) is 106 cm³/mol. The van der Waals surface area contributed by atoms with Crippen molar-refractivity contribution in [2.24, 2.45) is 0 Å². The molecule has 1 aliphatic heterocycles. The van der Waals surface area contributed by atoms with Gasteiger partial charge >= 0.3 is 0 Å². The van der Waals surface area contributed by atoms with Crippen LogP contribution in [0.3, 0.4) is 0 Å². The van der Waals surface area contributed by atoms with E-state index in [9.17, 15) is 13.2 Å². The topological polar surface area (TPSA) is 88.6 Å². The van der Waals surface area contributed by atoms with E-state index in [-0.39, 0.29) is 22.0 Å². The number of hydrogen-bond donors (Lipinski definition) is 1. The number of pyridine rings is 1. The summed E-state index contributed by atoms with van der Waals surface area (Å²) in [5.41, 5.74) is 0.906. The summed E-state index contributed by atoms with van der Waals surface area (Å²) in [5, 5.41) is 2.94. The van der Waals surface area contributed by atoms with Gasteiger partial charge in [0.25, 0.3) is 5.91 Å². The highest BCUT2D eigenvalue weighted by molar-refractivity contribution is 7.89. The van der Waals surface area contributed by atoms with Gasteiger partial charge < -0.3 is 10.1 Å². The van der Waals surface area contributed by atoms with Gasteiger partial charge in [-0.1, -0.05) is 24.1 Å². The van der Waals surface area contributed by atoms with Gasteiger partial charge in [0, 0.05) is 31.9 Å². The van der Waals surface area contributed by atoms with Crippen LogP contribution in [0.1, 0.15) is 35.2 Å². The summed E-state index contributed by atoms with van der Waals surface area (Å²) in [6, 6.07) is 7.71. The molecule has 0 aliphatic carbocycles. The third kappa shape index (κ3) is 4.63. The first-order valence-electron chi connectivity index (χ1n) is 8.98. The van der Waals surface area contributed by atoms with Crippen LogP contribution in [-0.2, 0) is 16.6 Å². The molecule has 1 aromatic carbocycles. The van der Waals surface area contributed by atoms with Crippen molar-refractivity contribution in [3.63, 3.8) is 0 Å². The molecule has 1 fully saturated rings. The first kappa shape index (κ1) is 20.6. The van der Waals surface area contributed by atoms with Crippen molar-refractivity contribution < 1.29 is 17.9 Å². The molecule has 1 aliphatic rings. The zero-order valence-electron chi connectivity index (χ0n) is 15.5. The SMILES string of the molecule is COc1ccc(CNC(=O)c2cc(S(=O)(=O)N3CCCCC3)ccc2Cl)cn1. The van der Waals surface area contributed by atoms with Crippen molar-refractivity contribution in [1.29, 1.82) is 0 Å². The minimum absolute atomic E-state index is 0.0788. The molecule has 1 amide bonds. The minimum Gasteiger partial charge on any atom is -0.481 e. The number of nitrogens with one attached hydrogen (secondary N) is 1. The average molecular weight is 424 g/mol. The fourth-order valence-corrected chi connectivity index (χ4v) is 4.75. The molecule has 0 radical (unpaired) electrons. The van der Waals surface area contributed by atoms with Gasteiger partial charge in [-0.3, -0.25) is 4.79 Å². The number of carbonyl (C=O) groups excluding carboxylic acids is 1. The van der Waals surface area contributed by atoms with E-state index in [2.05, 4.69) is 10.3 Å². The van der Waals surface area contributed by atoms with Gasteiger partial charge in [-0.25, -0.2) is 13.4 Å². The molecule has 150 valence electrons. The van der Waals surface area contributed by atoms with Crippen LogP contribution >= 0.6 is 11.6 Å². The highest BCUT2D eigenvalue weighted by atomic mass is 35.5. The number of piperidine rings is 1. The average Bonchev–Trinajstić information content (AvgIpc) is 2.73. The quantitative estimate of drug-likeness (QED) is 0.771. The maximum absolute atomic E-state index is 12.8.